The number of sulfone groups is 1. The standard InChI is InChI=1S/C23H27N7O2S/c1-33(31,32)21-8-4-19(5-9-21)27-23-25-11-18-12-26-30(22(18)28-23)15-16-2-6-20(7-3-16)29-13-17(10-24)14-29/h4-5,8-9,11-12,16-17,20H,2-3,6-7,13-15H2,1H3,(H,25,27,28). The lowest BCUT2D eigenvalue weighted by Crippen LogP contribution is -2.52. The number of nitrogens with one attached hydrogen (secondary N) is 1. The Morgan fingerprint density at radius 2 is 1.85 bits per heavy atom. The zero-order chi connectivity index (χ0) is 23.0. The van der Waals surface area contributed by atoms with Crippen molar-refractivity contribution >= 4 is 32.5 Å². The lowest BCUT2D eigenvalue weighted by molar-refractivity contribution is 0.0480. The van der Waals surface area contributed by atoms with E-state index in [9.17, 15) is 8.42 Å². The van der Waals surface area contributed by atoms with Crippen molar-refractivity contribution in [3.8, 4) is 6.07 Å². The van der Waals surface area contributed by atoms with Crippen molar-refractivity contribution in [2.75, 3.05) is 24.7 Å². The van der Waals surface area contributed by atoms with E-state index in [0.717, 1.165) is 49.2 Å². The summed E-state index contributed by atoms with van der Waals surface area (Å²) in [6, 6.07) is 9.52. The predicted molar refractivity (Wildman–Crippen MR) is 125 cm³/mol. The van der Waals surface area contributed by atoms with Crippen LogP contribution >= 0.6 is 0 Å². The summed E-state index contributed by atoms with van der Waals surface area (Å²) in [5, 5.41) is 17.6. The maximum absolute atomic E-state index is 11.6. The molecule has 3 aromatic rings. The quantitative estimate of drug-likeness (QED) is 0.590. The SMILES string of the molecule is CS(=O)(=O)c1ccc(Nc2ncc3cnn(CC4CCC(N5CC(C#N)C5)CC4)c3n2)cc1. The lowest BCUT2D eigenvalue weighted by atomic mass is 9.83. The fourth-order valence-electron chi connectivity index (χ4n) is 4.80. The van der Waals surface area contributed by atoms with E-state index < -0.39 is 9.84 Å². The van der Waals surface area contributed by atoms with Gasteiger partial charge in [0, 0.05) is 43.8 Å². The molecule has 0 atom stereocenters. The first kappa shape index (κ1) is 21.8. The second kappa shape index (κ2) is 8.72. The second-order valence-corrected chi connectivity index (χ2v) is 11.2. The van der Waals surface area contributed by atoms with Crippen LogP contribution in [0.15, 0.2) is 41.6 Å². The molecule has 1 aliphatic heterocycles. The molecule has 2 aliphatic rings. The lowest BCUT2D eigenvalue weighted by Gasteiger charge is -2.44. The molecule has 2 fully saturated rings. The van der Waals surface area contributed by atoms with Crippen molar-refractivity contribution in [3.05, 3.63) is 36.7 Å². The number of hydrogen-bond donors (Lipinski definition) is 1. The number of likely N-dealkylation sites (tertiary alicyclic amines) is 1. The van der Waals surface area contributed by atoms with Crippen LogP contribution in [0.25, 0.3) is 11.0 Å². The highest BCUT2D eigenvalue weighted by molar-refractivity contribution is 7.90. The molecule has 1 saturated heterocycles. The van der Waals surface area contributed by atoms with Crippen LogP contribution in [0.3, 0.4) is 0 Å². The third-order valence-corrected chi connectivity index (χ3v) is 7.90. The second-order valence-electron chi connectivity index (χ2n) is 9.18. The summed E-state index contributed by atoms with van der Waals surface area (Å²) in [7, 11) is -3.23. The third kappa shape index (κ3) is 4.70. The number of anilines is 2. The number of benzene rings is 1. The van der Waals surface area contributed by atoms with Gasteiger partial charge in [0.1, 0.15) is 0 Å². The van der Waals surface area contributed by atoms with Crippen molar-refractivity contribution in [2.24, 2.45) is 11.8 Å². The fourth-order valence-corrected chi connectivity index (χ4v) is 5.44. The molecule has 0 spiro atoms. The Kier molecular flexibility index (Phi) is 5.76. The molecular formula is C23H27N7O2S. The molecule has 1 aromatic carbocycles. The van der Waals surface area contributed by atoms with Crippen LogP contribution in [0.1, 0.15) is 25.7 Å². The highest BCUT2D eigenvalue weighted by Crippen LogP contribution is 2.32. The van der Waals surface area contributed by atoms with Gasteiger partial charge in [-0.05, 0) is 55.9 Å². The smallest absolute Gasteiger partial charge is 0.229 e. The van der Waals surface area contributed by atoms with Gasteiger partial charge in [0.25, 0.3) is 0 Å². The van der Waals surface area contributed by atoms with Gasteiger partial charge >= 0.3 is 0 Å². The zero-order valence-corrected chi connectivity index (χ0v) is 19.4. The minimum atomic E-state index is -3.23. The third-order valence-electron chi connectivity index (χ3n) is 6.77. The summed E-state index contributed by atoms with van der Waals surface area (Å²) in [6.07, 6.45) is 9.40. The molecule has 0 radical (unpaired) electrons. The minimum Gasteiger partial charge on any atom is -0.324 e. The molecule has 5 rings (SSSR count). The molecule has 3 heterocycles. The molecule has 1 aliphatic carbocycles. The van der Waals surface area contributed by atoms with Gasteiger partial charge in [-0.2, -0.15) is 15.3 Å². The van der Waals surface area contributed by atoms with Gasteiger partial charge in [-0.1, -0.05) is 0 Å². The van der Waals surface area contributed by atoms with Crippen LogP contribution in [0.4, 0.5) is 11.6 Å². The Bertz CT molecular complexity index is 1280. The molecule has 10 heteroatoms. The highest BCUT2D eigenvalue weighted by Gasteiger charge is 2.34. The largest absolute Gasteiger partial charge is 0.324 e. The molecular weight excluding hydrogens is 438 g/mol. The Hall–Kier alpha value is -3.03. The van der Waals surface area contributed by atoms with E-state index in [-0.39, 0.29) is 10.8 Å². The fraction of sp³-hybridized carbons (Fsp3) is 0.478. The Balaban J connectivity index is 1.23. The molecule has 0 bridgehead atoms. The summed E-state index contributed by atoms with van der Waals surface area (Å²) in [5.74, 6) is 1.23. The molecule has 33 heavy (non-hydrogen) atoms. The number of hydrogen-bond acceptors (Lipinski definition) is 8. The average molecular weight is 466 g/mol. The summed E-state index contributed by atoms with van der Waals surface area (Å²) in [5.41, 5.74) is 1.51. The molecule has 0 amide bonds. The maximum Gasteiger partial charge on any atom is 0.229 e. The summed E-state index contributed by atoms with van der Waals surface area (Å²) in [6.45, 7) is 2.69. The number of fused-ring (bicyclic) bond motifs is 1. The predicted octanol–water partition coefficient (Wildman–Crippen LogP) is 2.99. The molecule has 1 N–H and O–H groups in total. The van der Waals surface area contributed by atoms with Gasteiger partial charge in [-0.3, -0.25) is 4.90 Å². The number of nitrogens with zero attached hydrogens (tertiary/aromatic N) is 6. The average Bonchev–Trinajstić information content (AvgIpc) is 3.16. The van der Waals surface area contributed by atoms with Crippen LogP contribution in [0, 0.1) is 23.2 Å². The first-order valence-corrected chi connectivity index (χ1v) is 13.2. The normalized spacial score (nSPS) is 22.1. The topological polar surface area (TPSA) is 117 Å². The molecule has 2 aromatic heterocycles. The Morgan fingerprint density at radius 3 is 2.52 bits per heavy atom. The summed E-state index contributed by atoms with van der Waals surface area (Å²) in [4.78, 5) is 11.8. The van der Waals surface area contributed by atoms with Gasteiger partial charge in [0.05, 0.1) is 28.5 Å². The molecule has 1 saturated carbocycles. The number of rotatable bonds is 6. The highest BCUT2D eigenvalue weighted by atomic mass is 32.2. The Labute approximate surface area is 193 Å². The Morgan fingerprint density at radius 1 is 1.12 bits per heavy atom. The zero-order valence-electron chi connectivity index (χ0n) is 18.6. The van der Waals surface area contributed by atoms with Gasteiger partial charge < -0.3 is 5.32 Å². The van der Waals surface area contributed by atoms with E-state index in [2.05, 4.69) is 31.4 Å². The van der Waals surface area contributed by atoms with Gasteiger partial charge in [0.15, 0.2) is 15.5 Å². The van der Waals surface area contributed by atoms with Crippen molar-refractivity contribution in [1.29, 1.82) is 5.26 Å². The van der Waals surface area contributed by atoms with Crippen molar-refractivity contribution in [3.63, 3.8) is 0 Å². The van der Waals surface area contributed by atoms with Crippen molar-refractivity contribution in [1.82, 2.24) is 24.6 Å². The van der Waals surface area contributed by atoms with Gasteiger partial charge in [-0.15, -0.1) is 0 Å². The van der Waals surface area contributed by atoms with E-state index in [1.807, 2.05) is 4.68 Å². The molecule has 172 valence electrons. The summed E-state index contributed by atoms with van der Waals surface area (Å²) >= 11 is 0. The van der Waals surface area contributed by atoms with Gasteiger partial charge in [-0.25, -0.2) is 18.1 Å². The van der Waals surface area contributed by atoms with Crippen LogP contribution in [0.2, 0.25) is 0 Å². The van der Waals surface area contributed by atoms with Crippen molar-refractivity contribution < 1.29 is 8.42 Å². The van der Waals surface area contributed by atoms with E-state index in [1.54, 1.807) is 36.7 Å². The minimum absolute atomic E-state index is 0.221. The number of nitriles is 1. The maximum atomic E-state index is 11.6. The van der Waals surface area contributed by atoms with Crippen LogP contribution in [0.5, 0.6) is 0 Å². The van der Waals surface area contributed by atoms with Crippen molar-refractivity contribution in [2.45, 2.75) is 43.2 Å². The van der Waals surface area contributed by atoms with E-state index in [0.29, 0.717) is 17.9 Å². The van der Waals surface area contributed by atoms with E-state index in [4.69, 9.17) is 5.26 Å². The van der Waals surface area contributed by atoms with Crippen LogP contribution < -0.4 is 5.32 Å². The summed E-state index contributed by atoms with van der Waals surface area (Å²) < 4.78 is 25.3. The number of aromatic nitrogens is 4. The monoisotopic (exact) mass is 465 g/mol. The van der Waals surface area contributed by atoms with Crippen LogP contribution in [-0.4, -0.2) is 58.5 Å². The van der Waals surface area contributed by atoms with E-state index in [1.165, 1.54) is 19.1 Å². The molecule has 9 nitrogen and oxygen atoms in total. The van der Waals surface area contributed by atoms with Crippen LogP contribution in [-0.2, 0) is 16.4 Å². The first-order valence-electron chi connectivity index (χ1n) is 11.3. The first-order chi connectivity index (χ1) is 15.9. The molecule has 0 unspecified atom stereocenters. The van der Waals surface area contributed by atoms with Gasteiger partial charge in [0.2, 0.25) is 5.95 Å². The van der Waals surface area contributed by atoms with E-state index >= 15 is 0 Å².